The van der Waals surface area contributed by atoms with E-state index >= 15 is 0 Å². The van der Waals surface area contributed by atoms with Gasteiger partial charge in [0, 0.05) is 5.92 Å². The third kappa shape index (κ3) is 3.51. The summed E-state index contributed by atoms with van der Waals surface area (Å²) in [7, 11) is 0. The molecule has 13 heavy (non-hydrogen) atoms. The summed E-state index contributed by atoms with van der Waals surface area (Å²) in [4.78, 5) is -0.677. The number of hydrogen-bond donors (Lipinski definition) is 2. The number of hydrogen-bond acceptors (Lipinski definition) is 2. The van der Waals surface area contributed by atoms with Crippen molar-refractivity contribution >= 4 is 11.6 Å². The van der Waals surface area contributed by atoms with Gasteiger partial charge in [0.2, 0.25) is 0 Å². The van der Waals surface area contributed by atoms with E-state index in [9.17, 15) is 0 Å². The van der Waals surface area contributed by atoms with Crippen molar-refractivity contribution in [2.24, 2.45) is 5.92 Å². The molecule has 0 heterocycles. The Balaban J connectivity index is 4.64. The zero-order valence-electron chi connectivity index (χ0n) is 8.13. The lowest BCUT2D eigenvalue weighted by Gasteiger charge is -2.28. The van der Waals surface area contributed by atoms with E-state index < -0.39 is 4.87 Å². The highest BCUT2D eigenvalue weighted by Gasteiger charge is 2.30. The molecule has 0 aliphatic heterocycles. The maximum Gasteiger partial charge on any atom is 0.0685 e. The lowest BCUT2D eigenvalue weighted by Crippen LogP contribution is -2.31. The molecule has 0 amide bonds. The number of aliphatic hydroxyl groups excluding tert-OH is 2. The minimum absolute atomic E-state index is 0.107. The predicted octanol–water partition coefficient (Wildman–Crippen LogP) is 1.72. The van der Waals surface area contributed by atoms with Crippen LogP contribution in [0.15, 0.2) is 24.3 Å². The molecule has 0 spiro atoms. The Bertz CT molecular complexity index is 197. The van der Waals surface area contributed by atoms with Crippen molar-refractivity contribution in [3.05, 3.63) is 24.3 Å². The second-order valence-corrected chi connectivity index (χ2v) is 4.02. The highest BCUT2D eigenvalue weighted by Crippen LogP contribution is 2.31. The van der Waals surface area contributed by atoms with E-state index in [0.29, 0.717) is 5.57 Å². The molecule has 2 atom stereocenters. The van der Waals surface area contributed by atoms with Gasteiger partial charge in [-0.3, -0.25) is 0 Å². The summed E-state index contributed by atoms with van der Waals surface area (Å²) in [6.07, 6.45) is 3.61. The van der Waals surface area contributed by atoms with E-state index in [1.165, 1.54) is 0 Å². The maximum absolute atomic E-state index is 9.10. The molecule has 2 unspecified atom stereocenters. The molecule has 0 aliphatic rings. The van der Waals surface area contributed by atoms with E-state index in [0.717, 1.165) is 0 Å². The Morgan fingerprint density at radius 1 is 1.62 bits per heavy atom. The number of rotatable bonds is 5. The van der Waals surface area contributed by atoms with E-state index in [1.54, 1.807) is 13.0 Å². The van der Waals surface area contributed by atoms with Crippen LogP contribution in [-0.2, 0) is 0 Å². The van der Waals surface area contributed by atoms with Gasteiger partial charge >= 0.3 is 0 Å². The Hall–Kier alpha value is -0.310. The minimum atomic E-state index is -0.677. The highest BCUT2D eigenvalue weighted by molar-refractivity contribution is 6.25. The van der Waals surface area contributed by atoms with Gasteiger partial charge in [0.15, 0.2) is 0 Å². The molecule has 0 saturated carbocycles. The molecular weight excluding hydrogens is 188 g/mol. The predicted molar refractivity (Wildman–Crippen MR) is 55.9 cm³/mol. The molecule has 0 radical (unpaired) electrons. The van der Waals surface area contributed by atoms with Crippen LogP contribution >= 0.6 is 11.6 Å². The maximum atomic E-state index is 9.10. The molecule has 0 aliphatic carbocycles. The number of aliphatic hydroxyl groups is 2. The van der Waals surface area contributed by atoms with Gasteiger partial charge in [0.1, 0.15) is 0 Å². The topological polar surface area (TPSA) is 40.5 Å². The Morgan fingerprint density at radius 3 is 2.46 bits per heavy atom. The first kappa shape index (κ1) is 12.7. The molecule has 3 heteroatoms. The number of alkyl halides is 1. The van der Waals surface area contributed by atoms with E-state index in [-0.39, 0.29) is 19.1 Å². The molecule has 76 valence electrons. The molecule has 2 nitrogen and oxygen atoms in total. The first-order valence-electron chi connectivity index (χ1n) is 4.21. The SMILES string of the molecule is C=C(CO)C(CO)C(C)(Cl)/C=C\C. The smallest absolute Gasteiger partial charge is 0.0685 e. The summed E-state index contributed by atoms with van der Waals surface area (Å²) in [5.41, 5.74) is 0.554. The molecule has 0 aromatic carbocycles. The van der Waals surface area contributed by atoms with Gasteiger partial charge in [0.05, 0.1) is 18.1 Å². The Morgan fingerprint density at radius 2 is 2.15 bits per heavy atom. The summed E-state index contributed by atoms with van der Waals surface area (Å²) < 4.78 is 0. The fraction of sp³-hybridized carbons (Fsp3) is 0.600. The second kappa shape index (κ2) is 5.43. The van der Waals surface area contributed by atoms with Crippen molar-refractivity contribution in [1.82, 2.24) is 0 Å². The van der Waals surface area contributed by atoms with Crippen molar-refractivity contribution in [3.8, 4) is 0 Å². The molecular formula is C10H17ClO2. The van der Waals surface area contributed by atoms with Crippen LogP contribution in [-0.4, -0.2) is 28.3 Å². The Kier molecular flexibility index (Phi) is 5.30. The quantitative estimate of drug-likeness (QED) is 0.529. The summed E-state index contributed by atoms with van der Waals surface area (Å²) in [5.74, 6) is -0.310. The van der Waals surface area contributed by atoms with E-state index in [4.69, 9.17) is 21.8 Å². The third-order valence-corrected chi connectivity index (χ3v) is 2.44. The molecule has 0 rings (SSSR count). The first-order valence-corrected chi connectivity index (χ1v) is 4.59. The summed E-state index contributed by atoms with van der Waals surface area (Å²) in [6.45, 7) is 7.06. The van der Waals surface area contributed by atoms with Crippen molar-refractivity contribution in [2.75, 3.05) is 13.2 Å². The van der Waals surface area contributed by atoms with Crippen LogP contribution in [0.3, 0.4) is 0 Å². The molecule has 0 bridgehead atoms. The fourth-order valence-corrected chi connectivity index (χ4v) is 1.61. The van der Waals surface area contributed by atoms with Gasteiger partial charge in [-0.25, -0.2) is 0 Å². The van der Waals surface area contributed by atoms with Crippen LogP contribution in [0.5, 0.6) is 0 Å². The zero-order chi connectivity index (χ0) is 10.5. The van der Waals surface area contributed by atoms with Gasteiger partial charge in [0.25, 0.3) is 0 Å². The monoisotopic (exact) mass is 204 g/mol. The lowest BCUT2D eigenvalue weighted by molar-refractivity contribution is 0.212. The second-order valence-electron chi connectivity index (χ2n) is 3.20. The Labute approximate surface area is 84.5 Å². The van der Waals surface area contributed by atoms with Gasteiger partial charge in [-0.2, -0.15) is 0 Å². The molecule has 0 aromatic heterocycles. The van der Waals surface area contributed by atoms with Crippen molar-refractivity contribution in [3.63, 3.8) is 0 Å². The number of halogens is 1. The normalized spacial score (nSPS) is 18.5. The number of allylic oxidation sites excluding steroid dienone is 2. The van der Waals surface area contributed by atoms with Crippen LogP contribution < -0.4 is 0 Å². The first-order chi connectivity index (χ1) is 5.99. The third-order valence-electron chi connectivity index (χ3n) is 2.05. The van der Waals surface area contributed by atoms with Crippen LogP contribution in [0.4, 0.5) is 0 Å². The summed E-state index contributed by atoms with van der Waals surface area (Å²) >= 11 is 6.16. The molecule has 0 saturated heterocycles. The largest absolute Gasteiger partial charge is 0.396 e. The van der Waals surface area contributed by atoms with Crippen molar-refractivity contribution < 1.29 is 10.2 Å². The fourth-order valence-electron chi connectivity index (χ4n) is 1.26. The zero-order valence-corrected chi connectivity index (χ0v) is 8.88. The standard InChI is InChI=1S/C10H17ClO2/c1-4-5-10(3,11)9(7-13)8(2)6-12/h4-5,9,12-13H,2,6-7H2,1,3H3/b5-4-. The highest BCUT2D eigenvalue weighted by atomic mass is 35.5. The van der Waals surface area contributed by atoms with Crippen LogP contribution in [0.2, 0.25) is 0 Å². The molecule has 0 aromatic rings. The minimum Gasteiger partial charge on any atom is -0.396 e. The van der Waals surface area contributed by atoms with Crippen LogP contribution in [0, 0.1) is 5.92 Å². The molecule has 2 N–H and O–H groups in total. The van der Waals surface area contributed by atoms with Crippen molar-refractivity contribution in [2.45, 2.75) is 18.7 Å². The van der Waals surface area contributed by atoms with Gasteiger partial charge in [-0.1, -0.05) is 18.7 Å². The van der Waals surface area contributed by atoms with Gasteiger partial charge in [-0.15, -0.1) is 11.6 Å². The summed E-state index contributed by atoms with van der Waals surface area (Å²) in [5, 5.41) is 18.0. The van der Waals surface area contributed by atoms with Crippen LogP contribution in [0.1, 0.15) is 13.8 Å². The summed E-state index contributed by atoms with van der Waals surface area (Å²) in [6, 6.07) is 0. The average Bonchev–Trinajstić information content (AvgIpc) is 2.04. The van der Waals surface area contributed by atoms with Crippen molar-refractivity contribution in [1.29, 1.82) is 0 Å². The van der Waals surface area contributed by atoms with E-state index in [2.05, 4.69) is 6.58 Å². The average molecular weight is 205 g/mol. The van der Waals surface area contributed by atoms with Gasteiger partial charge < -0.3 is 10.2 Å². The van der Waals surface area contributed by atoms with Gasteiger partial charge in [-0.05, 0) is 19.4 Å². The van der Waals surface area contributed by atoms with E-state index in [1.807, 2.05) is 13.0 Å². The molecule has 0 fully saturated rings. The lowest BCUT2D eigenvalue weighted by atomic mass is 9.87. The van der Waals surface area contributed by atoms with Crippen LogP contribution in [0.25, 0.3) is 0 Å².